The summed E-state index contributed by atoms with van der Waals surface area (Å²) in [4.78, 5) is 12.4. The van der Waals surface area contributed by atoms with Crippen LogP contribution in [0.2, 0.25) is 5.02 Å². The molecule has 0 aromatic heterocycles. The third-order valence-corrected chi connectivity index (χ3v) is 4.03. The van der Waals surface area contributed by atoms with Crippen molar-refractivity contribution in [1.82, 2.24) is 10.6 Å². The van der Waals surface area contributed by atoms with Gasteiger partial charge in [-0.25, -0.2) is 0 Å². The van der Waals surface area contributed by atoms with Crippen LogP contribution in [-0.2, 0) is 4.79 Å². The second-order valence-corrected chi connectivity index (χ2v) is 6.51. The number of carbonyl (C=O) groups is 1. The molecule has 5 heteroatoms. The van der Waals surface area contributed by atoms with Gasteiger partial charge >= 0.3 is 0 Å². The second kappa shape index (κ2) is 7.14. The Balaban J connectivity index is 1.88. The van der Waals surface area contributed by atoms with Crippen LogP contribution in [0.5, 0.6) is 5.75 Å². The number of nitrogens with one attached hydrogen (secondary N) is 2. The van der Waals surface area contributed by atoms with Gasteiger partial charge in [0.2, 0.25) is 5.91 Å². The average molecular weight is 311 g/mol. The Morgan fingerprint density at radius 2 is 2.05 bits per heavy atom. The minimum Gasteiger partial charge on any atom is -0.491 e. The van der Waals surface area contributed by atoms with E-state index in [0.29, 0.717) is 17.4 Å². The summed E-state index contributed by atoms with van der Waals surface area (Å²) < 4.78 is 5.71. The number of rotatable bonds is 5. The lowest BCUT2D eigenvalue weighted by molar-refractivity contribution is -0.131. The molecule has 1 aliphatic rings. The van der Waals surface area contributed by atoms with E-state index >= 15 is 0 Å². The van der Waals surface area contributed by atoms with E-state index in [9.17, 15) is 4.79 Å². The van der Waals surface area contributed by atoms with Gasteiger partial charge in [0.1, 0.15) is 12.4 Å². The molecule has 0 bridgehead atoms. The summed E-state index contributed by atoms with van der Waals surface area (Å²) in [6, 6.07) is 7.56. The normalized spacial score (nSPS) is 16.5. The van der Waals surface area contributed by atoms with E-state index in [-0.39, 0.29) is 11.9 Å². The molecule has 1 aromatic carbocycles. The van der Waals surface area contributed by atoms with E-state index in [1.165, 1.54) is 0 Å². The van der Waals surface area contributed by atoms with Gasteiger partial charge in [-0.05, 0) is 51.9 Å². The molecular formula is C16H23ClN2O2. The van der Waals surface area contributed by atoms with Crippen molar-refractivity contribution < 1.29 is 9.53 Å². The minimum absolute atomic E-state index is 0.0291. The van der Waals surface area contributed by atoms with Crippen molar-refractivity contribution in [2.75, 3.05) is 19.7 Å². The molecule has 0 radical (unpaired) electrons. The fourth-order valence-electron chi connectivity index (χ4n) is 2.23. The molecule has 0 saturated carbocycles. The summed E-state index contributed by atoms with van der Waals surface area (Å²) in [5.41, 5.74) is -0.593. The van der Waals surface area contributed by atoms with Gasteiger partial charge in [-0.2, -0.15) is 0 Å². The number of hydrogen-bond acceptors (Lipinski definition) is 3. The van der Waals surface area contributed by atoms with Crippen LogP contribution in [0.4, 0.5) is 0 Å². The summed E-state index contributed by atoms with van der Waals surface area (Å²) in [5, 5.41) is 6.97. The zero-order valence-corrected chi connectivity index (χ0v) is 13.4. The highest BCUT2D eigenvalue weighted by Crippen LogP contribution is 2.26. The Labute approximate surface area is 131 Å². The standard InChI is InChI=1S/C16H23ClN2O2/c1-16(2,11-21-14-6-4-3-5-13(14)17)15(20)19-12-7-9-18-10-8-12/h3-6,12,18H,7-11H2,1-2H3,(H,19,20). The largest absolute Gasteiger partial charge is 0.491 e. The Morgan fingerprint density at radius 3 is 2.71 bits per heavy atom. The third kappa shape index (κ3) is 4.61. The molecule has 116 valence electrons. The van der Waals surface area contributed by atoms with Gasteiger partial charge in [-0.3, -0.25) is 4.79 Å². The molecule has 1 aromatic rings. The molecule has 1 fully saturated rings. The molecule has 1 aliphatic heterocycles. The summed E-state index contributed by atoms with van der Waals surface area (Å²) in [6.45, 7) is 6.00. The second-order valence-electron chi connectivity index (χ2n) is 6.10. The molecule has 1 saturated heterocycles. The SMILES string of the molecule is CC(C)(COc1ccccc1Cl)C(=O)NC1CCNCC1. The van der Waals surface area contributed by atoms with E-state index in [4.69, 9.17) is 16.3 Å². The Kier molecular flexibility index (Phi) is 5.48. The zero-order chi connectivity index (χ0) is 15.3. The Hall–Kier alpha value is -1.26. The number of carbonyl (C=O) groups excluding carboxylic acids is 1. The van der Waals surface area contributed by atoms with Crippen molar-refractivity contribution in [1.29, 1.82) is 0 Å². The van der Waals surface area contributed by atoms with Crippen LogP contribution in [0.1, 0.15) is 26.7 Å². The van der Waals surface area contributed by atoms with Crippen LogP contribution in [0.15, 0.2) is 24.3 Å². The number of para-hydroxylation sites is 1. The van der Waals surface area contributed by atoms with Crippen LogP contribution in [0, 0.1) is 5.41 Å². The topological polar surface area (TPSA) is 50.4 Å². The molecule has 2 rings (SSSR count). The van der Waals surface area contributed by atoms with Crippen molar-refractivity contribution in [3.63, 3.8) is 0 Å². The smallest absolute Gasteiger partial charge is 0.229 e. The van der Waals surface area contributed by atoms with Crippen molar-refractivity contribution in [3.8, 4) is 5.75 Å². The molecule has 0 unspecified atom stereocenters. The number of piperidine rings is 1. The Bertz CT molecular complexity index is 485. The number of ether oxygens (including phenoxy) is 1. The lowest BCUT2D eigenvalue weighted by Gasteiger charge is -2.29. The van der Waals surface area contributed by atoms with Crippen molar-refractivity contribution in [2.24, 2.45) is 5.41 Å². The average Bonchev–Trinajstić information content (AvgIpc) is 2.47. The monoisotopic (exact) mass is 310 g/mol. The van der Waals surface area contributed by atoms with Gasteiger partial charge in [-0.15, -0.1) is 0 Å². The summed E-state index contributed by atoms with van der Waals surface area (Å²) in [7, 11) is 0. The van der Waals surface area contributed by atoms with Gasteiger partial charge in [-0.1, -0.05) is 23.7 Å². The predicted molar refractivity (Wildman–Crippen MR) is 84.8 cm³/mol. The summed E-state index contributed by atoms with van der Waals surface area (Å²) in [6.07, 6.45) is 1.96. The Morgan fingerprint density at radius 1 is 1.38 bits per heavy atom. The van der Waals surface area contributed by atoms with Gasteiger partial charge in [0, 0.05) is 6.04 Å². The lowest BCUT2D eigenvalue weighted by atomic mass is 9.92. The van der Waals surface area contributed by atoms with Gasteiger partial charge in [0.25, 0.3) is 0 Å². The summed E-state index contributed by atoms with van der Waals surface area (Å²) in [5.74, 6) is 0.642. The van der Waals surface area contributed by atoms with Gasteiger partial charge in [0.05, 0.1) is 10.4 Å². The highest BCUT2D eigenvalue weighted by Gasteiger charge is 2.30. The molecule has 0 aliphatic carbocycles. The molecule has 4 nitrogen and oxygen atoms in total. The third-order valence-electron chi connectivity index (χ3n) is 3.71. The maximum Gasteiger partial charge on any atom is 0.229 e. The van der Waals surface area contributed by atoms with Gasteiger partial charge < -0.3 is 15.4 Å². The number of amides is 1. The van der Waals surface area contributed by atoms with E-state index in [2.05, 4.69) is 10.6 Å². The zero-order valence-electron chi connectivity index (χ0n) is 12.6. The minimum atomic E-state index is -0.593. The van der Waals surface area contributed by atoms with E-state index in [1.807, 2.05) is 32.0 Å². The molecule has 0 spiro atoms. The van der Waals surface area contributed by atoms with Crippen molar-refractivity contribution >= 4 is 17.5 Å². The van der Waals surface area contributed by atoms with E-state index < -0.39 is 5.41 Å². The van der Waals surface area contributed by atoms with Gasteiger partial charge in [0.15, 0.2) is 0 Å². The molecule has 0 atom stereocenters. The maximum atomic E-state index is 12.4. The number of benzene rings is 1. The molecular weight excluding hydrogens is 288 g/mol. The number of hydrogen-bond donors (Lipinski definition) is 2. The van der Waals surface area contributed by atoms with Crippen LogP contribution < -0.4 is 15.4 Å². The first-order valence-corrected chi connectivity index (χ1v) is 7.76. The van der Waals surface area contributed by atoms with Crippen LogP contribution in [-0.4, -0.2) is 31.6 Å². The predicted octanol–water partition coefficient (Wildman–Crippen LogP) is 2.61. The van der Waals surface area contributed by atoms with Crippen molar-refractivity contribution in [2.45, 2.75) is 32.7 Å². The highest BCUT2D eigenvalue weighted by atomic mass is 35.5. The van der Waals surface area contributed by atoms with Crippen LogP contribution >= 0.6 is 11.6 Å². The molecule has 2 N–H and O–H groups in total. The first kappa shape index (κ1) is 16.1. The van der Waals surface area contributed by atoms with Crippen LogP contribution in [0.3, 0.4) is 0 Å². The van der Waals surface area contributed by atoms with Crippen LogP contribution in [0.25, 0.3) is 0 Å². The fourth-order valence-corrected chi connectivity index (χ4v) is 2.42. The maximum absolute atomic E-state index is 12.4. The lowest BCUT2D eigenvalue weighted by Crippen LogP contribution is -2.48. The molecule has 1 amide bonds. The van der Waals surface area contributed by atoms with Crippen molar-refractivity contribution in [3.05, 3.63) is 29.3 Å². The number of halogens is 1. The van der Waals surface area contributed by atoms with E-state index in [0.717, 1.165) is 25.9 Å². The quantitative estimate of drug-likeness (QED) is 0.879. The van der Waals surface area contributed by atoms with E-state index in [1.54, 1.807) is 6.07 Å². The molecule has 21 heavy (non-hydrogen) atoms. The summed E-state index contributed by atoms with van der Waals surface area (Å²) >= 11 is 6.06. The first-order chi connectivity index (χ1) is 9.99. The molecule has 1 heterocycles. The first-order valence-electron chi connectivity index (χ1n) is 7.38. The fraction of sp³-hybridized carbons (Fsp3) is 0.562. The highest BCUT2D eigenvalue weighted by molar-refractivity contribution is 6.32.